The second kappa shape index (κ2) is 13.5. The van der Waals surface area contributed by atoms with Crippen molar-refractivity contribution < 1.29 is 9.05 Å². The van der Waals surface area contributed by atoms with Gasteiger partial charge in [-0.15, -0.1) is 0 Å². The zero-order chi connectivity index (χ0) is 21.9. The first kappa shape index (κ1) is 26.2. The van der Waals surface area contributed by atoms with Gasteiger partial charge in [-0.2, -0.15) is 10.5 Å². The van der Waals surface area contributed by atoms with Gasteiger partial charge in [0.05, 0.1) is 36.8 Å². The Balaban J connectivity index is 0.000000436. The van der Waals surface area contributed by atoms with Crippen LogP contribution in [0.5, 0.6) is 0 Å². The molecule has 1 aliphatic rings. The molecule has 0 amide bonds. The van der Waals surface area contributed by atoms with Crippen molar-refractivity contribution in [3.63, 3.8) is 0 Å². The lowest BCUT2D eigenvalue weighted by Gasteiger charge is -2.38. The number of rotatable bonds is 8. The molecule has 5 nitrogen and oxygen atoms in total. The summed E-state index contributed by atoms with van der Waals surface area (Å²) in [5, 5.41) is 17.0. The van der Waals surface area contributed by atoms with Crippen LogP contribution in [0, 0.1) is 22.7 Å². The summed E-state index contributed by atoms with van der Waals surface area (Å²) in [5.41, 5.74) is 0.715. The molecule has 0 aromatic heterocycles. The molecule has 0 spiro atoms. The van der Waals surface area contributed by atoms with E-state index in [-0.39, 0.29) is 10.9 Å². The monoisotopic (exact) mass is 453 g/mol. The van der Waals surface area contributed by atoms with Gasteiger partial charge in [0, 0.05) is 22.6 Å². The largest absolute Gasteiger partial charge is 0.321 e. The summed E-state index contributed by atoms with van der Waals surface area (Å²) in [5.74, 6) is 0.988. The Morgan fingerprint density at radius 2 is 1.79 bits per heavy atom. The lowest BCUT2D eigenvalue weighted by molar-refractivity contribution is 0.129. The fourth-order valence-electron chi connectivity index (χ4n) is 2.58. The summed E-state index contributed by atoms with van der Waals surface area (Å²) in [6.07, 6.45) is 0.588. The highest BCUT2D eigenvalue weighted by Crippen LogP contribution is 2.55. The van der Waals surface area contributed by atoms with Crippen molar-refractivity contribution in [3.8, 4) is 12.1 Å². The molecule has 0 N–H and O–H groups in total. The summed E-state index contributed by atoms with van der Waals surface area (Å²) in [6, 6.07) is 14.0. The lowest BCUT2D eigenvalue weighted by Crippen LogP contribution is -2.38. The molecule has 1 aromatic carbocycles. The first-order chi connectivity index (χ1) is 13.7. The number of hydrogen-bond acceptors (Lipinski definition) is 7. The first-order valence-electron chi connectivity index (χ1n) is 9.73. The number of nitrogens with zero attached hydrogens (tertiary/aromatic N) is 3. The Kier molecular flexibility index (Phi) is 12.2. The van der Waals surface area contributed by atoms with Crippen LogP contribution < -0.4 is 0 Å². The van der Waals surface area contributed by atoms with Gasteiger partial charge < -0.3 is 9.05 Å². The highest BCUT2D eigenvalue weighted by atomic mass is 33.1. The van der Waals surface area contributed by atoms with E-state index in [1.807, 2.05) is 45.9 Å². The molecule has 1 fully saturated rings. The molecular formula is C21H32N3O2PS2. The molecule has 160 valence electrons. The van der Waals surface area contributed by atoms with E-state index in [0.29, 0.717) is 30.7 Å². The van der Waals surface area contributed by atoms with Gasteiger partial charge in [-0.05, 0) is 53.7 Å². The van der Waals surface area contributed by atoms with Crippen LogP contribution in [0.3, 0.4) is 0 Å². The van der Waals surface area contributed by atoms with E-state index >= 15 is 0 Å². The van der Waals surface area contributed by atoms with Gasteiger partial charge in [-0.25, -0.2) is 4.67 Å². The summed E-state index contributed by atoms with van der Waals surface area (Å²) >= 11 is 0. The maximum Gasteiger partial charge on any atom is 0.259 e. The fourth-order valence-corrected chi connectivity index (χ4v) is 7.74. The zero-order valence-corrected chi connectivity index (χ0v) is 20.7. The predicted octanol–water partition coefficient (Wildman–Crippen LogP) is 6.38. The maximum atomic E-state index is 8.72. The van der Waals surface area contributed by atoms with Crippen molar-refractivity contribution in [2.75, 3.05) is 12.4 Å². The molecule has 0 radical (unpaired) electrons. The summed E-state index contributed by atoms with van der Waals surface area (Å²) in [4.78, 5) is 0. The molecule has 2 rings (SSSR count). The third-order valence-electron chi connectivity index (χ3n) is 4.05. The summed E-state index contributed by atoms with van der Waals surface area (Å²) in [6.45, 7) is 13.5. The molecular weight excluding hydrogens is 421 g/mol. The van der Waals surface area contributed by atoms with Gasteiger partial charge in [-0.1, -0.05) is 39.8 Å². The van der Waals surface area contributed by atoms with Crippen LogP contribution in [0.4, 0.5) is 0 Å². The van der Waals surface area contributed by atoms with Crippen LogP contribution in [0.25, 0.3) is 0 Å². The van der Waals surface area contributed by atoms with Gasteiger partial charge in [-0.3, -0.25) is 0 Å². The van der Waals surface area contributed by atoms with E-state index in [9.17, 15) is 0 Å². The second-order valence-electron chi connectivity index (χ2n) is 7.59. The Labute approximate surface area is 185 Å². The van der Waals surface area contributed by atoms with Crippen molar-refractivity contribution in [3.05, 3.63) is 35.9 Å². The van der Waals surface area contributed by atoms with E-state index in [0.717, 1.165) is 5.75 Å². The minimum absolute atomic E-state index is 0.101. The number of hydrogen-bond donors (Lipinski definition) is 0. The highest BCUT2D eigenvalue weighted by Gasteiger charge is 2.41. The highest BCUT2D eigenvalue weighted by molar-refractivity contribution is 8.77. The molecule has 1 aromatic rings. The molecule has 2 atom stereocenters. The van der Waals surface area contributed by atoms with E-state index in [4.69, 9.17) is 19.6 Å². The molecule has 1 aliphatic heterocycles. The van der Waals surface area contributed by atoms with Crippen molar-refractivity contribution >= 4 is 30.1 Å². The van der Waals surface area contributed by atoms with Crippen LogP contribution in [-0.2, 0) is 9.05 Å². The minimum atomic E-state index is -1.13. The van der Waals surface area contributed by atoms with Crippen LogP contribution in [0.15, 0.2) is 30.3 Å². The number of benzene rings is 1. The normalized spacial score (nSPS) is 18.8. The Bertz CT molecular complexity index is 667. The van der Waals surface area contributed by atoms with Gasteiger partial charge in [0.25, 0.3) is 8.53 Å². The predicted molar refractivity (Wildman–Crippen MR) is 125 cm³/mol. The molecule has 2 unspecified atom stereocenters. The van der Waals surface area contributed by atoms with Crippen LogP contribution in [0.1, 0.15) is 53.5 Å². The van der Waals surface area contributed by atoms with Crippen molar-refractivity contribution in [2.24, 2.45) is 0 Å². The van der Waals surface area contributed by atoms with E-state index in [1.54, 1.807) is 12.1 Å². The van der Waals surface area contributed by atoms with Crippen LogP contribution in [-0.4, -0.2) is 40.0 Å². The molecule has 29 heavy (non-hydrogen) atoms. The maximum absolute atomic E-state index is 8.72. The van der Waals surface area contributed by atoms with Crippen molar-refractivity contribution in [1.82, 2.24) is 4.67 Å². The quantitative estimate of drug-likeness (QED) is 0.257. The number of nitriles is 2. The fraction of sp³-hybridized carbons (Fsp3) is 0.619. The average Bonchev–Trinajstić information content (AvgIpc) is 3.00. The van der Waals surface area contributed by atoms with E-state index < -0.39 is 8.53 Å². The van der Waals surface area contributed by atoms with Gasteiger partial charge in [0.1, 0.15) is 0 Å². The molecule has 8 heteroatoms. The van der Waals surface area contributed by atoms with Crippen molar-refractivity contribution in [2.45, 2.75) is 70.9 Å². The molecule has 1 saturated heterocycles. The molecule has 0 aliphatic carbocycles. The summed E-state index contributed by atoms with van der Waals surface area (Å²) < 4.78 is 14.7. The standard InChI is InChI=1S/C14H27N2O2PS2.C7H5N/c1-11(2)16(12(3)4)19(17-9-7-8-15)18-13-10-20-21-14(13,5)6;8-6-7-4-2-1-3-5-7/h11-13H,7,9-10H2,1-6H3;1-5H. The Hall–Kier alpha value is -0.790. The second-order valence-corrected chi connectivity index (χ2v) is 12.0. The van der Waals surface area contributed by atoms with Crippen LogP contribution >= 0.6 is 30.1 Å². The average molecular weight is 454 g/mol. The summed E-state index contributed by atoms with van der Waals surface area (Å²) in [7, 11) is 2.62. The van der Waals surface area contributed by atoms with Gasteiger partial charge in [0.15, 0.2) is 0 Å². The third-order valence-corrected chi connectivity index (χ3v) is 9.49. The van der Waals surface area contributed by atoms with Gasteiger partial charge >= 0.3 is 0 Å². The third kappa shape index (κ3) is 9.26. The molecule has 1 heterocycles. The first-order valence-corrected chi connectivity index (χ1v) is 13.2. The zero-order valence-electron chi connectivity index (χ0n) is 18.2. The Morgan fingerprint density at radius 1 is 1.17 bits per heavy atom. The SMILES string of the molecule is CC(C)N(C(C)C)P(OCCC#N)OC1CSSC1(C)C.N#Cc1ccccc1. The Morgan fingerprint density at radius 3 is 2.21 bits per heavy atom. The lowest BCUT2D eigenvalue weighted by atomic mass is 10.1. The molecule has 0 saturated carbocycles. The van der Waals surface area contributed by atoms with E-state index in [2.05, 4.69) is 52.3 Å². The topological polar surface area (TPSA) is 69.3 Å². The smallest absolute Gasteiger partial charge is 0.259 e. The minimum Gasteiger partial charge on any atom is -0.321 e. The van der Waals surface area contributed by atoms with E-state index in [1.165, 1.54) is 0 Å². The van der Waals surface area contributed by atoms with Gasteiger partial charge in [0.2, 0.25) is 0 Å². The molecule has 0 bridgehead atoms. The van der Waals surface area contributed by atoms with Crippen LogP contribution in [0.2, 0.25) is 0 Å². The van der Waals surface area contributed by atoms with Crippen molar-refractivity contribution in [1.29, 1.82) is 10.5 Å².